The standard InChI is InChI=1S/C20H23N5O/c1-11-6-7-25(9-11)16-8-14-18(22-10-23-20(14)21)19(24-16)17-12(2)4-5-15(26)13(17)3/h4-5,8,10-11,26H,6-7,9H2,1-3H3,(H2,21,22,23)/t11-/m1/s1. The number of rotatable bonds is 2. The number of aromatic hydroxyl groups is 1. The Kier molecular flexibility index (Phi) is 3.90. The smallest absolute Gasteiger partial charge is 0.134 e. The van der Waals surface area contributed by atoms with Crippen LogP contribution < -0.4 is 10.6 Å². The molecule has 6 heteroatoms. The van der Waals surface area contributed by atoms with Crippen molar-refractivity contribution in [2.45, 2.75) is 27.2 Å². The largest absolute Gasteiger partial charge is 0.508 e. The van der Waals surface area contributed by atoms with Crippen LogP contribution in [-0.4, -0.2) is 33.1 Å². The van der Waals surface area contributed by atoms with E-state index in [1.165, 1.54) is 6.33 Å². The molecule has 134 valence electrons. The van der Waals surface area contributed by atoms with Crippen LogP contribution in [0.3, 0.4) is 0 Å². The number of phenols is 1. The third kappa shape index (κ3) is 2.62. The lowest BCUT2D eigenvalue weighted by atomic mass is 9.97. The fourth-order valence-electron chi connectivity index (χ4n) is 3.75. The zero-order valence-corrected chi connectivity index (χ0v) is 15.3. The molecular formula is C20H23N5O. The summed E-state index contributed by atoms with van der Waals surface area (Å²) in [5, 5.41) is 11.0. The summed E-state index contributed by atoms with van der Waals surface area (Å²) >= 11 is 0. The van der Waals surface area contributed by atoms with Gasteiger partial charge in [0.25, 0.3) is 0 Å². The first-order chi connectivity index (χ1) is 12.5. The fourth-order valence-corrected chi connectivity index (χ4v) is 3.75. The van der Waals surface area contributed by atoms with Crippen molar-refractivity contribution in [3.8, 4) is 17.0 Å². The van der Waals surface area contributed by atoms with Crippen molar-refractivity contribution in [3.63, 3.8) is 0 Å². The normalized spacial score (nSPS) is 17.2. The van der Waals surface area contributed by atoms with Crippen LogP contribution in [0.1, 0.15) is 24.5 Å². The van der Waals surface area contributed by atoms with E-state index in [2.05, 4.69) is 21.8 Å². The Hall–Kier alpha value is -2.89. The summed E-state index contributed by atoms with van der Waals surface area (Å²) in [6.45, 7) is 8.13. The molecule has 2 aromatic heterocycles. The molecule has 6 nitrogen and oxygen atoms in total. The second kappa shape index (κ2) is 6.12. The van der Waals surface area contributed by atoms with E-state index in [4.69, 9.17) is 10.7 Å². The zero-order valence-electron chi connectivity index (χ0n) is 15.3. The first kappa shape index (κ1) is 16.6. The lowest BCUT2D eigenvalue weighted by Crippen LogP contribution is -2.20. The van der Waals surface area contributed by atoms with Crippen LogP contribution in [0.25, 0.3) is 22.2 Å². The van der Waals surface area contributed by atoms with Gasteiger partial charge in [0.1, 0.15) is 29.2 Å². The van der Waals surface area contributed by atoms with E-state index >= 15 is 0 Å². The van der Waals surface area contributed by atoms with Crippen molar-refractivity contribution in [2.75, 3.05) is 23.7 Å². The SMILES string of the molecule is Cc1ccc(O)c(C)c1-c1nc(N2CC[C@@H](C)C2)cc2c(N)ncnc12. The molecule has 1 fully saturated rings. The molecule has 3 N–H and O–H groups in total. The minimum Gasteiger partial charge on any atom is -0.508 e. The molecule has 0 spiro atoms. The molecule has 4 rings (SSSR count). The van der Waals surface area contributed by atoms with Gasteiger partial charge < -0.3 is 15.7 Å². The van der Waals surface area contributed by atoms with Gasteiger partial charge in [0.2, 0.25) is 0 Å². The predicted octanol–water partition coefficient (Wildman–Crippen LogP) is 3.44. The van der Waals surface area contributed by atoms with Gasteiger partial charge in [-0.2, -0.15) is 0 Å². The topological polar surface area (TPSA) is 88.2 Å². The van der Waals surface area contributed by atoms with Crippen LogP contribution in [-0.2, 0) is 0 Å². The molecule has 26 heavy (non-hydrogen) atoms. The highest BCUT2D eigenvalue weighted by atomic mass is 16.3. The summed E-state index contributed by atoms with van der Waals surface area (Å²) < 4.78 is 0. The predicted molar refractivity (Wildman–Crippen MR) is 104 cm³/mol. The fraction of sp³-hybridized carbons (Fsp3) is 0.350. The van der Waals surface area contributed by atoms with Gasteiger partial charge >= 0.3 is 0 Å². The third-order valence-electron chi connectivity index (χ3n) is 5.27. The summed E-state index contributed by atoms with van der Waals surface area (Å²) in [5.41, 5.74) is 10.4. The Morgan fingerprint density at radius 2 is 2.04 bits per heavy atom. The number of hydrogen-bond donors (Lipinski definition) is 2. The maximum atomic E-state index is 10.2. The molecule has 0 amide bonds. The first-order valence-electron chi connectivity index (χ1n) is 8.91. The monoisotopic (exact) mass is 349 g/mol. The number of fused-ring (bicyclic) bond motifs is 1. The number of aryl methyl sites for hydroxylation is 1. The van der Waals surface area contributed by atoms with Crippen molar-refractivity contribution < 1.29 is 5.11 Å². The Labute approximate surface area is 152 Å². The number of anilines is 2. The highest BCUT2D eigenvalue weighted by Crippen LogP contribution is 2.37. The van der Waals surface area contributed by atoms with Gasteiger partial charge in [0, 0.05) is 29.6 Å². The lowest BCUT2D eigenvalue weighted by molar-refractivity contribution is 0.471. The summed E-state index contributed by atoms with van der Waals surface area (Å²) in [6, 6.07) is 5.60. The van der Waals surface area contributed by atoms with E-state index in [0.29, 0.717) is 17.3 Å². The number of hydrogen-bond acceptors (Lipinski definition) is 6. The molecule has 1 atom stereocenters. The van der Waals surface area contributed by atoms with E-state index in [0.717, 1.165) is 53.1 Å². The Balaban J connectivity index is 2.02. The second-order valence-electron chi connectivity index (χ2n) is 7.23. The number of nitrogens with zero attached hydrogens (tertiary/aromatic N) is 4. The second-order valence-corrected chi connectivity index (χ2v) is 7.23. The van der Waals surface area contributed by atoms with Crippen LogP contribution in [0.4, 0.5) is 11.6 Å². The van der Waals surface area contributed by atoms with Gasteiger partial charge in [0.05, 0.1) is 5.69 Å². The molecule has 1 saturated heterocycles. The van der Waals surface area contributed by atoms with Crippen LogP contribution in [0.2, 0.25) is 0 Å². The van der Waals surface area contributed by atoms with Gasteiger partial charge in [-0.3, -0.25) is 0 Å². The number of aromatic nitrogens is 3. The molecule has 0 saturated carbocycles. The maximum Gasteiger partial charge on any atom is 0.134 e. The molecule has 1 aliphatic rings. The van der Waals surface area contributed by atoms with Crippen LogP contribution in [0, 0.1) is 19.8 Å². The summed E-state index contributed by atoms with van der Waals surface area (Å²) in [7, 11) is 0. The third-order valence-corrected chi connectivity index (χ3v) is 5.27. The van der Waals surface area contributed by atoms with E-state index in [1.54, 1.807) is 6.07 Å². The van der Waals surface area contributed by atoms with Crippen LogP contribution >= 0.6 is 0 Å². The number of phenolic OH excluding ortho intramolecular Hbond substituents is 1. The molecule has 0 unspecified atom stereocenters. The molecule has 1 aromatic carbocycles. The molecule has 0 bridgehead atoms. The van der Waals surface area contributed by atoms with Gasteiger partial charge in [-0.15, -0.1) is 0 Å². The quantitative estimate of drug-likeness (QED) is 0.737. The lowest BCUT2D eigenvalue weighted by Gasteiger charge is -2.20. The summed E-state index contributed by atoms with van der Waals surface area (Å²) in [6.07, 6.45) is 2.62. The minimum atomic E-state index is 0.253. The highest BCUT2D eigenvalue weighted by Gasteiger charge is 2.23. The maximum absolute atomic E-state index is 10.2. The molecule has 1 aliphatic heterocycles. The van der Waals surface area contributed by atoms with Crippen molar-refractivity contribution >= 4 is 22.5 Å². The number of nitrogen functional groups attached to an aromatic ring is 1. The Morgan fingerprint density at radius 3 is 2.77 bits per heavy atom. The summed E-state index contributed by atoms with van der Waals surface area (Å²) in [4.78, 5) is 15.9. The average Bonchev–Trinajstić information content (AvgIpc) is 3.05. The van der Waals surface area contributed by atoms with E-state index in [-0.39, 0.29) is 5.75 Å². The first-order valence-corrected chi connectivity index (χ1v) is 8.91. The van der Waals surface area contributed by atoms with E-state index < -0.39 is 0 Å². The zero-order chi connectivity index (χ0) is 18.4. The minimum absolute atomic E-state index is 0.253. The van der Waals surface area contributed by atoms with E-state index in [9.17, 15) is 5.11 Å². The van der Waals surface area contributed by atoms with Crippen LogP contribution in [0.5, 0.6) is 5.75 Å². The summed E-state index contributed by atoms with van der Waals surface area (Å²) in [5.74, 6) is 2.23. The molecule has 0 radical (unpaired) electrons. The van der Waals surface area contributed by atoms with Crippen molar-refractivity contribution in [1.29, 1.82) is 0 Å². The number of pyridine rings is 1. The van der Waals surface area contributed by atoms with Gasteiger partial charge in [-0.25, -0.2) is 15.0 Å². The van der Waals surface area contributed by atoms with Gasteiger partial charge in [-0.1, -0.05) is 13.0 Å². The number of nitrogens with two attached hydrogens (primary N) is 1. The van der Waals surface area contributed by atoms with Crippen LogP contribution in [0.15, 0.2) is 24.5 Å². The average molecular weight is 349 g/mol. The molecule has 0 aliphatic carbocycles. The van der Waals surface area contributed by atoms with E-state index in [1.807, 2.05) is 26.0 Å². The molecule has 3 aromatic rings. The highest BCUT2D eigenvalue weighted by molar-refractivity contribution is 5.99. The molecule has 3 heterocycles. The number of benzene rings is 1. The van der Waals surface area contributed by atoms with Crippen molar-refractivity contribution in [2.24, 2.45) is 5.92 Å². The van der Waals surface area contributed by atoms with Gasteiger partial charge in [-0.05, 0) is 43.9 Å². The van der Waals surface area contributed by atoms with Crippen molar-refractivity contribution in [3.05, 3.63) is 35.7 Å². The Bertz CT molecular complexity index is 1000. The van der Waals surface area contributed by atoms with Gasteiger partial charge in [0.15, 0.2) is 0 Å². The van der Waals surface area contributed by atoms with Crippen molar-refractivity contribution in [1.82, 2.24) is 15.0 Å². The molecular weight excluding hydrogens is 326 g/mol. The Morgan fingerprint density at radius 1 is 1.23 bits per heavy atom.